The van der Waals surface area contributed by atoms with Gasteiger partial charge in [0, 0.05) is 10.9 Å². The van der Waals surface area contributed by atoms with Crippen LogP contribution in [0.3, 0.4) is 0 Å². The van der Waals surface area contributed by atoms with Crippen molar-refractivity contribution in [1.29, 1.82) is 0 Å². The summed E-state index contributed by atoms with van der Waals surface area (Å²) in [6.45, 7) is -0.339. The number of alkyl halides is 3. The van der Waals surface area contributed by atoms with E-state index in [1.807, 2.05) is 30.3 Å². The maximum atomic E-state index is 13.3. The van der Waals surface area contributed by atoms with Gasteiger partial charge in [0.1, 0.15) is 24.8 Å². The number of carbonyl (C=O) groups is 1. The number of hydrogen-bond acceptors (Lipinski definition) is 4. The van der Waals surface area contributed by atoms with Crippen molar-refractivity contribution in [2.75, 3.05) is 11.9 Å². The third-order valence-corrected chi connectivity index (χ3v) is 4.91. The molecule has 4 aromatic rings. The molecule has 6 nitrogen and oxygen atoms in total. The zero-order valence-corrected chi connectivity index (χ0v) is 17.7. The normalized spacial score (nSPS) is 11.5. The van der Waals surface area contributed by atoms with Gasteiger partial charge in [0.15, 0.2) is 5.82 Å². The maximum Gasteiger partial charge on any atom is 0.416 e. The van der Waals surface area contributed by atoms with Gasteiger partial charge in [0.25, 0.3) is 5.91 Å². The average Bonchev–Trinajstić information content (AvgIpc) is 3.20. The van der Waals surface area contributed by atoms with Crippen LogP contribution in [0.1, 0.15) is 16.7 Å². The summed E-state index contributed by atoms with van der Waals surface area (Å²) in [5.74, 6) is -0.922. The van der Waals surface area contributed by atoms with Crippen LogP contribution >= 0.6 is 0 Å². The van der Waals surface area contributed by atoms with Crippen LogP contribution in [0.25, 0.3) is 10.9 Å². The minimum Gasteiger partial charge on any atom is -0.489 e. The summed E-state index contributed by atoms with van der Waals surface area (Å²) in [7, 11) is 0. The van der Waals surface area contributed by atoms with Crippen LogP contribution in [0.2, 0.25) is 0 Å². The van der Waals surface area contributed by atoms with E-state index < -0.39 is 30.1 Å². The third-order valence-electron chi connectivity index (χ3n) is 4.91. The molecule has 176 valence electrons. The van der Waals surface area contributed by atoms with Gasteiger partial charge in [-0.05, 0) is 35.9 Å². The molecular formula is C24H19F4N3O3. The van der Waals surface area contributed by atoms with E-state index in [-0.39, 0.29) is 30.3 Å². The van der Waals surface area contributed by atoms with E-state index in [4.69, 9.17) is 9.47 Å². The Morgan fingerprint density at radius 1 is 1.00 bits per heavy atom. The SMILES string of the molecule is O=C(COCc1ccccc1)Nc1n[nH]c2ccc(OCc3ccc(F)cc3C(F)(F)F)cc12. The highest BCUT2D eigenvalue weighted by Gasteiger charge is 2.33. The summed E-state index contributed by atoms with van der Waals surface area (Å²) in [5, 5.41) is 9.96. The highest BCUT2D eigenvalue weighted by atomic mass is 19.4. The van der Waals surface area contributed by atoms with Crippen molar-refractivity contribution in [3.8, 4) is 5.75 Å². The fourth-order valence-corrected chi connectivity index (χ4v) is 3.28. The van der Waals surface area contributed by atoms with E-state index in [0.717, 1.165) is 17.7 Å². The number of hydrogen-bond donors (Lipinski definition) is 2. The fraction of sp³-hybridized carbons (Fsp3) is 0.167. The summed E-state index contributed by atoms with van der Waals surface area (Å²) >= 11 is 0. The molecule has 0 atom stereocenters. The van der Waals surface area contributed by atoms with E-state index >= 15 is 0 Å². The first-order valence-electron chi connectivity index (χ1n) is 10.2. The molecule has 1 amide bonds. The standard InChI is InChI=1S/C24H19F4N3O3/c25-17-7-6-16(20(10-17)24(26,27)28)13-34-18-8-9-21-19(11-18)23(31-30-21)29-22(32)14-33-12-15-4-2-1-3-5-15/h1-11H,12-14H2,(H2,29,30,31,32). The highest BCUT2D eigenvalue weighted by Crippen LogP contribution is 2.33. The van der Waals surface area contributed by atoms with Gasteiger partial charge in [-0.3, -0.25) is 9.89 Å². The van der Waals surface area contributed by atoms with Crippen LogP contribution in [-0.2, 0) is 28.9 Å². The molecule has 0 aliphatic carbocycles. The molecule has 0 spiro atoms. The molecule has 1 heterocycles. The predicted octanol–water partition coefficient (Wildman–Crippen LogP) is 5.46. The number of fused-ring (bicyclic) bond motifs is 1. The predicted molar refractivity (Wildman–Crippen MR) is 117 cm³/mol. The molecule has 34 heavy (non-hydrogen) atoms. The van der Waals surface area contributed by atoms with Crippen LogP contribution in [0, 0.1) is 5.82 Å². The zero-order valence-electron chi connectivity index (χ0n) is 17.7. The number of carbonyl (C=O) groups excluding carboxylic acids is 1. The van der Waals surface area contributed by atoms with Gasteiger partial charge < -0.3 is 14.8 Å². The van der Waals surface area contributed by atoms with Crippen LogP contribution in [0.5, 0.6) is 5.75 Å². The van der Waals surface area contributed by atoms with Gasteiger partial charge in [-0.1, -0.05) is 36.4 Å². The van der Waals surface area contributed by atoms with Gasteiger partial charge in [-0.2, -0.15) is 18.3 Å². The Kier molecular flexibility index (Phi) is 6.78. The van der Waals surface area contributed by atoms with E-state index in [2.05, 4.69) is 15.5 Å². The number of ether oxygens (including phenoxy) is 2. The third kappa shape index (κ3) is 5.70. The number of anilines is 1. The van der Waals surface area contributed by atoms with E-state index in [1.165, 1.54) is 6.07 Å². The van der Waals surface area contributed by atoms with Crippen molar-refractivity contribution in [1.82, 2.24) is 10.2 Å². The number of aromatic nitrogens is 2. The number of rotatable bonds is 8. The van der Waals surface area contributed by atoms with Crippen LogP contribution in [0.4, 0.5) is 23.4 Å². The number of amides is 1. The number of benzene rings is 3. The first kappa shape index (κ1) is 23.2. The van der Waals surface area contributed by atoms with Crippen molar-refractivity contribution >= 4 is 22.6 Å². The summed E-state index contributed by atoms with van der Waals surface area (Å²) in [6, 6.07) is 16.5. The largest absolute Gasteiger partial charge is 0.489 e. The fourth-order valence-electron chi connectivity index (χ4n) is 3.28. The number of H-pyrrole nitrogens is 1. The molecule has 0 saturated heterocycles. The number of aromatic amines is 1. The Balaban J connectivity index is 1.41. The molecule has 1 aromatic heterocycles. The molecule has 0 bridgehead atoms. The Morgan fingerprint density at radius 2 is 1.79 bits per heavy atom. The second-order valence-corrected chi connectivity index (χ2v) is 7.39. The molecule has 10 heteroatoms. The average molecular weight is 473 g/mol. The van der Waals surface area contributed by atoms with E-state index in [9.17, 15) is 22.4 Å². The van der Waals surface area contributed by atoms with Gasteiger partial charge in [-0.25, -0.2) is 4.39 Å². The number of nitrogens with zero attached hydrogens (tertiary/aromatic N) is 1. The lowest BCUT2D eigenvalue weighted by atomic mass is 10.1. The first-order chi connectivity index (χ1) is 16.3. The molecule has 0 unspecified atom stereocenters. The molecule has 4 rings (SSSR count). The molecule has 0 saturated carbocycles. The van der Waals surface area contributed by atoms with Crippen LogP contribution in [-0.4, -0.2) is 22.7 Å². The van der Waals surface area contributed by atoms with Crippen molar-refractivity contribution in [2.24, 2.45) is 0 Å². The summed E-state index contributed by atoms with van der Waals surface area (Å²) in [6.07, 6.45) is -4.71. The van der Waals surface area contributed by atoms with Gasteiger partial charge in [-0.15, -0.1) is 0 Å². The molecular weight excluding hydrogens is 454 g/mol. The van der Waals surface area contributed by atoms with Crippen LogP contribution in [0.15, 0.2) is 66.7 Å². The minimum absolute atomic E-state index is 0.190. The second-order valence-electron chi connectivity index (χ2n) is 7.39. The van der Waals surface area contributed by atoms with Gasteiger partial charge in [0.2, 0.25) is 0 Å². The van der Waals surface area contributed by atoms with Crippen molar-refractivity contribution in [2.45, 2.75) is 19.4 Å². The summed E-state index contributed by atoms with van der Waals surface area (Å²) in [5.41, 5.74) is 0.216. The van der Waals surface area contributed by atoms with Crippen molar-refractivity contribution in [3.63, 3.8) is 0 Å². The summed E-state index contributed by atoms with van der Waals surface area (Å²) < 4.78 is 63.8. The lowest BCUT2D eigenvalue weighted by molar-refractivity contribution is -0.138. The van der Waals surface area contributed by atoms with E-state index in [0.29, 0.717) is 17.0 Å². The second kappa shape index (κ2) is 9.92. The lowest BCUT2D eigenvalue weighted by Crippen LogP contribution is -2.18. The Labute approximate surface area is 191 Å². The first-order valence-corrected chi connectivity index (χ1v) is 10.2. The highest BCUT2D eigenvalue weighted by molar-refractivity contribution is 6.00. The Bertz CT molecular complexity index is 1290. The van der Waals surface area contributed by atoms with Crippen molar-refractivity contribution < 1.29 is 31.8 Å². The van der Waals surface area contributed by atoms with Gasteiger partial charge >= 0.3 is 6.18 Å². The number of nitrogens with one attached hydrogen (secondary N) is 2. The molecule has 0 aliphatic rings. The smallest absolute Gasteiger partial charge is 0.416 e. The minimum atomic E-state index is -4.71. The van der Waals surface area contributed by atoms with Crippen molar-refractivity contribution in [3.05, 3.63) is 89.2 Å². The number of halogens is 4. The Hall–Kier alpha value is -3.92. The molecule has 2 N–H and O–H groups in total. The molecule has 0 fully saturated rings. The zero-order chi connectivity index (χ0) is 24.1. The van der Waals surface area contributed by atoms with E-state index in [1.54, 1.807) is 12.1 Å². The molecule has 0 radical (unpaired) electrons. The van der Waals surface area contributed by atoms with Crippen LogP contribution < -0.4 is 10.1 Å². The molecule has 0 aliphatic heterocycles. The quantitative estimate of drug-likeness (QED) is 0.334. The Morgan fingerprint density at radius 3 is 2.56 bits per heavy atom. The lowest BCUT2D eigenvalue weighted by Gasteiger charge is -2.14. The van der Waals surface area contributed by atoms with Gasteiger partial charge in [0.05, 0.1) is 17.7 Å². The summed E-state index contributed by atoms with van der Waals surface area (Å²) in [4.78, 5) is 12.2. The monoisotopic (exact) mass is 473 g/mol. The maximum absolute atomic E-state index is 13.3. The molecule has 3 aromatic carbocycles. The topological polar surface area (TPSA) is 76.2 Å².